The van der Waals surface area contributed by atoms with Crippen LogP contribution in [0.5, 0.6) is 0 Å². The molecular weight excluding hydrogens is 238 g/mol. The van der Waals surface area contributed by atoms with Crippen LogP contribution in [0.15, 0.2) is 0 Å². The van der Waals surface area contributed by atoms with Crippen molar-refractivity contribution in [1.29, 1.82) is 5.26 Å². The molecule has 1 atom stereocenters. The molecule has 0 spiro atoms. The summed E-state index contributed by atoms with van der Waals surface area (Å²) >= 11 is 0. The second kappa shape index (κ2) is 6.94. The summed E-state index contributed by atoms with van der Waals surface area (Å²) in [5.41, 5.74) is 0. The monoisotopic (exact) mass is 259 g/mol. The van der Waals surface area contributed by atoms with Gasteiger partial charge in [-0.05, 0) is 25.8 Å². The van der Waals surface area contributed by atoms with Gasteiger partial charge in [0.25, 0.3) is 0 Å². The van der Waals surface area contributed by atoms with Crippen LogP contribution in [0.2, 0.25) is 0 Å². The lowest BCUT2D eigenvalue weighted by atomic mass is 10.2. The largest absolute Gasteiger partial charge is 0.313 e. The van der Waals surface area contributed by atoms with E-state index in [4.69, 9.17) is 5.26 Å². The highest BCUT2D eigenvalue weighted by atomic mass is 32.2. The summed E-state index contributed by atoms with van der Waals surface area (Å²) in [7, 11) is -3.40. The van der Waals surface area contributed by atoms with E-state index >= 15 is 0 Å². The van der Waals surface area contributed by atoms with Gasteiger partial charge in [0.15, 0.2) is 5.75 Å². The van der Waals surface area contributed by atoms with Gasteiger partial charge in [-0.2, -0.15) is 9.57 Å². The number of nitriles is 1. The van der Waals surface area contributed by atoms with Gasteiger partial charge in [-0.3, -0.25) is 0 Å². The summed E-state index contributed by atoms with van der Waals surface area (Å²) < 4.78 is 25.3. The Labute approximate surface area is 104 Å². The lowest BCUT2D eigenvalue weighted by Crippen LogP contribution is -2.42. The number of hydrogen-bond acceptors (Lipinski definition) is 4. The Balaban J connectivity index is 2.62. The molecule has 0 aliphatic carbocycles. The van der Waals surface area contributed by atoms with Crippen molar-refractivity contribution in [1.82, 2.24) is 9.62 Å². The Hall–Kier alpha value is -0.640. The Kier molecular flexibility index (Phi) is 5.89. The van der Waals surface area contributed by atoms with E-state index in [0.29, 0.717) is 13.1 Å². The zero-order valence-electron chi connectivity index (χ0n) is 10.4. The Morgan fingerprint density at radius 1 is 1.53 bits per heavy atom. The number of unbranched alkanes of at least 4 members (excludes halogenated alkanes) is 1. The van der Waals surface area contributed by atoms with E-state index in [9.17, 15) is 8.42 Å². The number of rotatable bonds is 7. The van der Waals surface area contributed by atoms with Crippen molar-refractivity contribution in [3.8, 4) is 6.07 Å². The van der Waals surface area contributed by atoms with Crippen LogP contribution < -0.4 is 5.32 Å². The third-order valence-electron chi connectivity index (χ3n) is 2.99. The molecule has 1 heterocycles. The first kappa shape index (κ1) is 14.4. The van der Waals surface area contributed by atoms with Gasteiger partial charge in [0, 0.05) is 19.1 Å². The summed E-state index contributed by atoms with van der Waals surface area (Å²) in [5.74, 6) is -0.413. The molecule has 0 aromatic rings. The third kappa shape index (κ3) is 4.62. The lowest BCUT2D eigenvalue weighted by molar-refractivity contribution is 0.365. The Bertz CT molecular complexity index is 355. The molecule has 0 saturated carbocycles. The molecule has 0 aromatic heterocycles. The number of nitrogens with one attached hydrogen (secondary N) is 1. The summed E-state index contributed by atoms with van der Waals surface area (Å²) in [6.45, 7) is 4.02. The fourth-order valence-corrected chi connectivity index (χ4v) is 3.17. The van der Waals surface area contributed by atoms with Crippen molar-refractivity contribution < 1.29 is 8.42 Å². The van der Waals surface area contributed by atoms with Gasteiger partial charge in [0.1, 0.15) is 0 Å². The predicted octanol–water partition coefficient (Wildman–Crippen LogP) is 0.694. The predicted molar refractivity (Wildman–Crippen MR) is 66.9 cm³/mol. The first-order chi connectivity index (χ1) is 8.10. The molecule has 1 rings (SSSR count). The smallest absolute Gasteiger partial charge is 0.227 e. The van der Waals surface area contributed by atoms with Crippen LogP contribution in [0.3, 0.4) is 0 Å². The SMILES string of the molecule is CCCCN(CC1CCCN1)S(=O)(=O)CC#N. The minimum atomic E-state index is -3.40. The molecule has 5 nitrogen and oxygen atoms in total. The summed E-state index contributed by atoms with van der Waals surface area (Å²) in [6.07, 6.45) is 3.92. The van der Waals surface area contributed by atoms with Crippen molar-refractivity contribution >= 4 is 10.0 Å². The summed E-state index contributed by atoms with van der Waals surface area (Å²) in [5, 5.41) is 11.9. The second-order valence-electron chi connectivity index (χ2n) is 4.42. The molecular formula is C11H21N3O2S. The quantitative estimate of drug-likeness (QED) is 0.730. The standard InChI is InChI=1S/C11H21N3O2S/c1-2-3-8-14(17(15,16)9-6-12)10-11-5-4-7-13-11/h11,13H,2-5,7-10H2,1H3. The van der Waals surface area contributed by atoms with E-state index in [0.717, 1.165) is 32.2 Å². The Morgan fingerprint density at radius 2 is 2.29 bits per heavy atom. The molecule has 1 saturated heterocycles. The zero-order chi connectivity index (χ0) is 12.7. The average Bonchev–Trinajstić information content (AvgIpc) is 2.76. The van der Waals surface area contributed by atoms with Crippen molar-refractivity contribution in [2.75, 3.05) is 25.4 Å². The second-order valence-corrected chi connectivity index (χ2v) is 6.39. The molecule has 0 radical (unpaired) electrons. The van der Waals surface area contributed by atoms with Crippen LogP contribution in [0.4, 0.5) is 0 Å². The topological polar surface area (TPSA) is 73.2 Å². The lowest BCUT2D eigenvalue weighted by Gasteiger charge is -2.24. The van der Waals surface area contributed by atoms with Crippen LogP contribution in [-0.4, -0.2) is 44.2 Å². The zero-order valence-corrected chi connectivity index (χ0v) is 11.2. The van der Waals surface area contributed by atoms with Crippen molar-refractivity contribution in [3.05, 3.63) is 0 Å². The van der Waals surface area contributed by atoms with Gasteiger partial charge >= 0.3 is 0 Å². The molecule has 1 aliphatic rings. The average molecular weight is 259 g/mol. The first-order valence-corrected chi connectivity index (χ1v) is 7.79. The number of nitrogens with zero attached hydrogens (tertiary/aromatic N) is 2. The maximum atomic E-state index is 11.9. The third-order valence-corrected chi connectivity index (χ3v) is 4.60. The highest BCUT2D eigenvalue weighted by Gasteiger charge is 2.25. The Morgan fingerprint density at radius 3 is 2.82 bits per heavy atom. The van der Waals surface area contributed by atoms with Gasteiger partial charge in [-0.1, -0.05) is 13.3 Å². The number of sulfonamides is 1. The van der Waals surface area contributed by atoms with Gasteiger partial charge < -0.3 is 5.32 Å². The van der Waals surface area contributed by atoms with E-state index in [2.05, 4.69) is 5.32 Å². The highest BCUT2D eigenvalue weighted by molar-refractivity contribution is 7.89. The molecule has 6 heteroatoms. The van der Waals surface area contributed by atoms with Gasteiger partial charge in [-0.15, -0.1) is 0 Å². The minimum absolute atomic E-state index is 0.250. The van der Waals surface area contributed by atoms with Crippen molar-refractivity contribution in [2.24, 2.45) is 0 Å². The van der Waals surface area contributed by atoms with E-state index in [1.165, 1.54) is 4.31 Å². The normalized spacial score (nSPS) is 20.6. The molecule has 0 amide bonds. The van der Waals surface area contributed by atoms with Crippen molar-refractivity contribution in [2.45, 2.75) is 38.6 Å². The first-order valence-electron chi connectivity index (χ1n) is 6.18. The maximum Gasteiger partial charge on any atom is 0.227 e. The van der Waals surface area contributed by atoms with E-state index in [1.807, 2.05) is 6.92 Å². The molecule has 1 unspecified atom stereocenters. The van der Waals surface area contributed by atoms with E-state index in [1.54, 1.807) is 6.07 Å². The molecule has 1 fully saturated rings. The molecule has 0 aromatic carbocycles. The van der Waals surface area contributed by atoms with Crippen LogP contribution in [0.1, 0.15) is 32.6 Å². The summed E-state index contributed by atoms with van der Waals surface area (Å²) in [6, 6.07) is 1.99. The maximum absolute atomic E-state index is 11.9. The highest BCUT2D eigenvalue weighted by Crippen LogP contribution is 2.11. The van der Waals surface area contributed by atoms with E-state index in [-0.39, 0.29) is 6.04 Å². The fourth-order valence-electron chi connectivity index (χ4n) is 2.01. The molecule has 0 bridgehead atoms. The number of hydrogen-bond donors (Lipinski definition) is 1. The van der Waals surface area contributed by atoms with Crippen LogP contribution in [-0.2, 0) is 10.0 Å². The molecule has 17 heavy (non-hydrogen) atoms. The molecule has 1 aliphatic heterocycles. The van der Waals surface area contributed by atoms with Crippen molar-refractivity contribution in [3.63, 3.8) is 0 Å². The summed E-state index contributed by atoms with van der Waals surface area (Å²) in [4.78, 5) is 0. The fraction of sp³-hybridized carbons (Fsp3) is 0.909. The molecule has 98 valence electrons. The van der Waals surface area contributed by atoms with Crippen LogP contribution in [0.25, 0.3) is 0 Å². The molecule has 1 N–H and O–H groups in total. The van der Waals surface area contributed by atoms with Crippen LogP contribution >= 0.6 is 0 Å². The van der Waals surface area contributed by atoms with Gasteiger partial charge in [-0.25, -0.2) is 8.42 Å². The minimum Gasteiger partial charge on any atom is -0.313 e. The van der Waals surface area contributed by atoms with Crippen LogP contribution in [0, 0.1) is 11.3 Å². The van der Waals surface area contributed by atoms with E-state index < -0.39 is 15.8 Å². The van der Waals surface area contributed by atoms with Gasteiger partial charge in [0.2, 0.25) is 10.0 Å². The van der Waals surface area contributed by atoms with Gasteiger partial charge in [0.05, 0.1) is 6.07 Å².